The van der Waals surface area contributed by atoms with Gasteiger partial charge in [-0.1, -0.05) is 24.4 Å². The Balaban J connectivity index is 1.42. The summed E-state index contributed by atoms with van der Waals surface area (Å²) in [6.07, 6.45) is 4.78. The third-order valence-corrected chi connectivity index (χ3v) is 10.2. The van der Waals surface area contributed by atoms with Crippen molar-refractivity contribution in [2.24, 2.45) is 23.8 Å². The molecule has 2 aromatic rings. The van der Waals surface area contributed by atoms with Crippen LogP contribution in [0.25, 0.3) is 0 Å². The van der Waals surface area contributed by atoms with Crippen LogP contribution in [0.4, 0.5) is 0 Å². The smallest absolute Gasteiger partial charge is 0.310 e. The van der Waals surface area contributed by atoms with Gasteiger partial charge in [0.15, 0.2) is 5.82 Å². The van der Waals surface area contributed by atoms with Crippen LogP contribution in [-0.4, -0.2) is 60.5 Å². The first kappa shape index (κ1) is 27.1. The summed E-state index contributed by atoms with van der Waals surface area (Å²) in [5.41, 5.74) is 0.393. The third-order valence-electron chi connectivity index (χ3n) is 9.84. The summed E-state index contributed by atoms with van der Waals surface area (Å²) in [4.78, 5) is 43.9. The number of benzene rings is 1. The standard InChI is InChI=1S/C29H36ClN5O5/c1-17-31-32-22(33(17)3)15-40-21-8-7-20(30)18-9-13-34(26(37)19-6-4-5-10-28(19,2)27(38)39)25(24(18)21)35-16-29(11-12-29)14-23(35)36/h7-8,19,25H,4-6,9-16H2,1-3H3,(H,38,39)/t19?,25?,28-/m0/s1. The molecule has 40 heavy (non-hydrogen) atoms. The minimum absolute atomic E-state index is 0.00708. The van der Waals surface area contributed by atoms with E-state index in [-0.39, 0.29) is 23.8 Å². The van der Waals surface area contributed by atoms with E-state index in [0.29, 0.717) is 60.9 Å². The average molecular weight is 570 g/mol. The Morgan fingerprint density at radius 1 is 1.20 bits per heavy atom. The average Bonchev–Trinajstić information content (AvgIpc) is 3.50. The highest BCUT2D eigenvalue weighted by Gasteiger charge is 2.56. The van der Waals surface area contributed by atoms with Gasteiger partial charge in [0, 0.05) is 37.1 Å². The van der Waals surface area contributed by atoms with Crippen molar-refractivity contribution >= 4 is 29.4 Å². The highest BCUT2D eigenvalue weighted by atomic mass is 35.5. The first-order chi connectivity index (χ1) is 19.0. The molecule has 0 radical (unpaired) electrons. The van der Waals surface area contributed by atoms with Gasteiger partial charge < -0.3 is 24.2 Å². The van der Waals surface area contributed by atoms with Crippen LogP contribution in [-0.2, 0) is 34.5 Å². The molecule has 10 nitrogen and oxygen atoms in total. The molecular weight excluding hydrogens is 534 g/mol. The molecule has 3 atom stereocenters. The summed E-state index contributed by atoms with van der Waals surface area (Å²) >= 11 is 6.73. The van der Waals surface area contributed by atoms with E-state index in [0.717, 1.165) is 37.1 Å². The molecule has 1 aromatic carbocycles. The fourth-order valence-electron chi connectivity index (χ4n) is 6.91. The molecule has 1 saturated heterocycles. The van der Waals surface area contributed by atoms with Crippen LogP contribution in [0.3, 0.4) is 0 Å². The number of halogens is 1. The predicted molar refractivity (Wildman–Crippen MR) is 145 cm³/mol. The van der Waals surface area contributed by atoms with Crippen LogP contribution in [0.2, 0.25) is 5.02 Å². The number of ether oxygens (including phenoxy) is 1. The van der Waals surface area contributed by atoms with Crippen molar-refractivity contribution in [1.29, 1.82) is 0 Å². The van der Waals surface area contributed by atoms with E-state index in [2.05, 4.69) is 10.2 Å². The molecule has 1 N–H and O–H groups in total. The van der Waals surface area contributed by atoms with Gasteiger partial charge in [-0.3, -0.25) is 14.4 Å². The summed E-state index contributed by atoms with van der Waals surface area (Å²) in [6, 6.07) is 3.59. The molecule has 1 aromatic heterocycles. The third kappa shape index (κ3) is 4.35. The molecule has 4 aliphatic rings. The quantitative estimate of drug-likeness (QED) is 0.558. The number of nitrogens with zero attached hydrogens (tertiary/aromatic N) is 5. The Morgan fingerprint density at radius 2 is 1.98 bits per heavy atom. The van der Waals surface area contributed by atoms with Crippen LogP contribution in [0.15, 0.2) is 12.1 Å². The van der Waals surface area contributed by atoms with E-state index in [1.54, 1.807) is 24.0 Å². The van der Waals surface area contributed by atoms with E-state index >= 15 is 0 Å². The van der Waals surface area contributed by atoms with Crippen LogP contribution in [0, 0.1) is 23.7 Å². The minimum Gasteiger partial charge on any atom is -0.485 e. The maximum Gasteiger partial charge on any atom is 0.310 e. The largest absolute Gasteiger partial charge is 0.485 e. The maximum atomic E-state index is 14.4. The lowest BCUT2D eigenvalue weighted by molar-refractivity contribution is -0.165. The predicted octanol–water partition coefficient (Wildman–Crippen LogP) is 4.03. The SMILES string of the molecule is Cc1nnc(COc2ccc(Cl)c3c2C(N2CC4(CC4)CC2=O)N(C(=O)C2CCCC[C@]2(C)C(=O)O)CC3)n1C. The number of aromatic nitrogens is 3. The summed E-state index contributed by atoms with van der Waals surface area (Å²) in [5, 5.41) is 19.1. The number of carboxylic acid groups (broad SMARTS) is 1. The summed E-state index contributed by atoms with van der Waals surface area (Å²) < 4.78 is 8.19. The Labute approximate surface area is 238 Å². The molecule has 3 fully saturated rings. The summed E-state index contributed by atoms with van der Waals surface area (Å²) in [5.74, 6) is 0.136. The number of aliphatic carboxylic acids is 1. The Kier molecular flexibility index (Phi) is 6.59. The Hall–Kier alpha value is -3.14. The number of carboxylic acids is 1. The number of likely N-dealkylation sites (tertiary alicyclic amines) is 1. The van der Waals surface area contributed by atoms with Gasteiger partial charge in [0.05, 0.1) is 11.3 Å². The van der Waals surface area contributed by atoms with Gasteiger partial charge >= 0.3 is 5.97 Å². The van der Waals surface area contributed by atoms with Crippen molar-refractivity contribution in [1.82, 2.24) is 24.6 Å². The Bertz CT molecular complexity index is 1390. The van der Waals surface area contributed by atoms with Crippen LogP contribution in [0.5, 0.6) is 5.75 Å². The van der Waals surface area contributed by atoms with E-state index < -0.39 is 23.5 Å². The molecule has 2 saturated carbocycles. The van der Waals surface area contributed by atoms with Crippen molar-refractivity contribution in [2.45, 2.75) is 78.0 Å². The molecule has 3 heterocycles. The fraction of sp³-hybridized carbons (Fsp3) is 0.621. The molecule has 2 aliphatic heterocycles. The number of hydrogen-bond acceptors (Lipinski definition) is 6. The van der Waals surface area contributed by atoms with Gasteiger partial charge in [-0.25, -0.2) is 0 Å². The van der Waals surface area contributed by atoms with Crippen molar-refractivity contribution in [3.63, 3.8) is 0 Å². The van der Waals surface area contributed by atoms with E-state index in [9.17, 15) is 19.5 Å². The molecule has 2 aliphatic carbocycles. The van der Waals surface area contributed by atoms with Crippen molar-refractivity contribution in [3.05, 3.63) is 39.9 Å². The van der Waals surface area contributed by atoms with Crippen LogP contribution >= 0.6 is 11.6 Å². The molecule has 2 unspecified atom stereocenters. The molecule has 11 heteroatoms. The van der Waals surface area contributed by atoms with E-state index in [1.165, 1.54) is 0 Å². The van der Waals surface area contributed by atoms with Gasteiger partial charge in [-0.2, -0.15) is 0 Å². The lowest BCUT2D eigenvalue weighted by Crippen LogP contribution is -2.54. The molecular formula is C29H36ClN5O5. The maximum absolute atomic E-state index is 14.4. The van der Waals surface area contributed by atoms with Gasteiger partial charge in [0.2, 0.25) is 11.8 Å². The molecule has 1 spiro atoms. The highest BCUT2D eigenvalue weighted by Crippen LogP contribution is 2.56. The van der Waals surface area contributed by atoms with Crippen molar-refractivity contribution in [2.75, 3.05) is 13.1 Å². The zero-order valence-corrected chi connectivity index (χ0v) is 24.0. The van der Waals surface area contributed by atoms with Crippen LogP contribution < -0.4 is 4.74 Å². The minimum atomic E-state index is -1.15. The number of fused-ring (bicyclic) bond motifs is 1. The summed E-state index contributed by atoms with van der Waals surface area (Å²) in [7, 11) is 1.87. The number of aryl methyl sites for hydroxylation is 1. The van der Waals surface area contributed by atoms with Crippen LogP contribution in [0.1, 0.15) is 80.8 Å². The first-order valence-electron chi connectivity index (χ1n) is 14.2. The van der Waals surface area contributed by atoms with Crippen molar-refractivity contribution < 1.29 is 24.2 Å². The van der Waals surface area contributed by atoms with Gasteiger partial charge in [0.25, 0.3) is 0 Å². The van der Waals surface area contributed by atoms with Gasteiger partial charge in [-0.15, -0.1) is 10.2 Å². The van der Waals surface area contributed by atoms with Gasteiger partial charge in [0.1, 0.15) is 24.3 Å². The topological polar surface area (TPSA) is 118 Å². The van der Waals surface area contributed by atoms with Crippen molar-refractivity contribution in [3.8, 4) is 5.75 Å². The molecule has 214 valence electrons. The van der Waals surface area contributed by atoms with Gasteiger partial charge in [-0.05, 0) is 69.1 Å². The lowest BCUT2D eigenvalue weighted by Gasteiger charge is -2.47. The molecule has 6 rings (SSSR count). The number of carbonyl (C=O) groups is 3. The summed E-state index contributed by atoms with van der Waals surface area (Å²) in [6.45, 7) is 4.63. The highest BCUT2D eigenvalue weighted by molar-refractivity contribution is 6.31. The Morgan fingerprint density at radius 3 is 2.62 bits per heavy atom. The monoisotopic (exact) mass is 569 g/mol. The number of hydrogen-bond donors (Lipinski definition) is 1. The fourth-order valence-corrected chi connectivity index (χ4v) is 7.17. The number of amides is 2. The normalized spacial score (nSPS) is 27.1. The number of carbonyl (C=O) groups excluding carboxylic acids is 2. The second kappa shape index (κ2) is 9.75. The lowest BCUT2D eigenvalue weighted by atomic mass is 9.66. The number of rotatable bonds is 6. The second-order valence-electron chi connectivity index (χ2n) is 12.3. The van der Waals surface area contributed by atoms with E-state index in [4.69, 9.17) is 16.3 Å². The van der Waals surface area contributed by atoms with E-state index in [1.807, 2.05) is 23.4 Å². The second-order valence-corrected chi connectivity index (χ2v) is 12.7. The zero-order valence-electron chi connectivity index (χ0n) is 23.3. The zero-order chi connectivity index (χ0) is 28.4. The molecule has 0 bridgehead atoms. The first-order valence-corrected chi connectivity index (χ1v) is 14.5. The molecule has 2 amide bonds.